The van der Waals surface area contributed by atoms with Crippen molar-refractivity contribution in [3.8, 4) is 0 Å². The second-order valence-corrected chi connectivity index (χ2v) is 6.33. The molecule has 1 saturated heterocycles. The van der Waals surface area contributed by atoms with Crippen LogP contribution in [0.15, 0.2) is 18.2 Å². The van der Waals surface area contributed by atoms with Crippen LogP contribution in [0.1, 0.15) is 48.9 Å². The monoisotopic (exact) mass is 273 g/mol. The van der Waals surface area contributed by atoms with Crippen LogP contribution in [-0.4, -0.2) is 19.0 Å². The predicted octanol–water partition coefficient (Wildman–Crippen LogP) is 2.53. The van der Waals surface area contributed by atoms with Crippen molar-refractivity contribution >= 4 is 17.3 Å². The molecule has 1 aliphatic heterocycles. The average Bonchev–Trinajstić information content (AvgIpc) is 2.87. The van der Waals surface area contributed by atoms with Gasteiger partial charge in [-0.25, -0.2) is 0 Å². The highest BCUT2D eigenvalue weighted by molar-refractivity contribution is 5.99. The summed E-state index contributed by atoms with van der Waals surface area (Å²) in [5.74, 6) is -0.374. The van der Waals surface area contributed by atoms with Crippen molar-refractivity contribution in [2.45, 2.75) is 38.5 Å². The Balaban J connectivity index is 1.80. The molecule has 2 aliphatic rings. The van der Waals surface area contributed by atoms with Crippen LogP contribution in [0.2, 0.25) is 0 Å². The van der Waals surface area contributed by atoms with Gasteiger partial charge in [-0.15, -0.1) is 0 Å². The second kappa shape index (κ2) is 5.00. The van der Waals surface area contributed by atoms with Gasteiger partial charge in [0.05, 0.1) is 11.3 Å². The van der Waals surface area contributed by atoms with E-state index in [1.165, 1.54) is 38.5 Å². The van der Waals surface area contributed by atoms with E-state index < -0.39 is 0 Å². The Morgan fingerprint density at radius 2 is 1.75 bits per heavy atom. The Kier molecular flexibility index (Phi) is 3.32. The first-order valence-corrected chi connectivity index (χ1v) is 7.54. The van der Waals surface area contributed by atoms with Crippen LogP contribution in [0.4, 0.5) is 11.4 Å². The van der Waals surface area contributed by atoms with E-state index in [9.17, 15) is 4.79 Å². The lowest BCUT2D eigenvalue weighted by atomic mass is 9.77. The van der Waals surface area contributed by atoms with E-state index in [-0.39, 0.29) is 5.91 Å². The van der Waals surface area contributed by atoms with Crippen molar-refractivity contribution in [2.75, 3.05) is 23.7 Å². The van der Waals surface area contributed by atoms with E-state index >= 15 is 0 Å². The van der Waals surface area contributed by atoms with E-state index in [1.54, 1.807) is 12.1 Å². The van der Waals surface area contributed by atoms with Gasteiger partial charge < -0.3 is 16.4 Å². The summed E-state index contributed by atoms with van der Waals surface area (Å²) in [6, 6.07) is 5.37. The van der Waals surface area contributed by atoms with Crippen LogP contribution >= 0.6 is 0 Å². The number of nitrogens with zero attached hydrogens (tertiary/aromatic N) is 1. The number of hydrogen-bond donors (Lipinski definition) is 2. The van der Waals surface area contributed by atoms with Crippen molar-refractivity contribution in [2.24, 2.45) is 11.1 Å². The fourth-order valence-electron chi connectivity index (χ4n) is 3.87. The van der Waals surface area contributed by atoms with E-state index in [0.717, 1.165) is 18.8 Å². The van der Waals surface area contributed by atoms with Crippen LogP contribution in [0.25, 0.3) is 0 Å². The zero-order chi connectivity index (χ0) is 14.2. The van der Waals surface area contributed by atoms with Gasteiger partial charge in [0.2, 0.25) is 0 Å². The van der Waals surface area contributed by atoms with Crippen LogP contribution in [0.3, 0.4) is 0 Å². The molecular formula is C16H23N3O. The van der Waals surface area contributed by atoms with Gasteiger partial charge >= 0.3 is 0 Å². The molecule has 0 aromatic heterocycles. The summed E-state index contributed by atoms with van der Waals surface area (Å²) >= 11 is 0. The number of carbonyl (C=O) groups is 1. The topological polar surface area (TPSA) is 72.3 Å². The van der Waals surface area contributed by atoms with Gasteiger partial charge in [0.25, 0.3) is 5.91 Å². The summed E-state index contributed by atoms with van der Waals surface area (Å²) < 4.78 is 0. The molecule has 1 saturated carbocycles. The molecule has 1 aromatic rings. The molecule has 0 atom stereocenters. The standard InChI is InChI=1S/C16H23N3O/c17-12-3-4-13(15(18)20)14(11-12)19-9-7-16(8-10-19)5-1-2-6-16/h3-4,11H,1-2,5-10,17H2,(H2,18,20). The van der Waals surface area contributed by atoms with Gasteiger partial charge in [-0.2, -0.15) is 0 Å². The molecule has 0 unspecified atom stereocenters. The number of anilines is 2. The number of benzene rings is 1. The third-order valence-electron chi connectivity index (χ3n) is 5.12. The van der Waals surface area contributed by atoms with Gasteiger partial charge in [-0.05, 0) is 49.3 Å². The van der Waals surface area contributed by atoms with E-state index in [4.69, 9.17) is 11.5 Å². The van der Waals surface area contributed by atoms with Gasteiger partial charge in [-0.1, -0.05) is 12.8 Å². The number of hydrogen-bond acceptors (Lipinski definition) is 3. The van der Waals surface area contributed by atoms with Gasteiger partial charge in [0.15, 0.2) is 0 Å². The van der Waals surface area contributed by atoms with E-state index in [0.29, 0.717) is 16.7 Å². The number of amides is 1. The number of rotatable bonds is 2. The lowest BCUT2D eigenvalue weighted by Gasteiger charge is -2.41. The molecule has 1 aliphatic carbocycles. The van der Waals surface area contributed by atoms with Crippen molar-refractivity contribution < 1.29 is 4.79 Å². The van der Waals surface area contributed by atoms with E-state index in [1.807, 2.05) is 6.07 Å². The minimum absolute atomic E-state index is 0.374. The van der Waals surface area contributed by atoms with Crippen LogP contribution < -0.4 is 16.4 Å². The lowest BCUT2D eigenvalue weighted by Crippen LogP contribution is -2.39. The van der Waals surface area contributed by atoms with Crippen molar-refractivity contribution in [3.05, 3.63) is 23.8 Å². The maximum absolute atomic E-state index is 11.6. The molecule has 1 amide bonds. The lowest BCUT2D eigenvalue weighted by molar-refractivity contribution is 0.100. The summed E-state index contributed by atoms with van der Waals surface area (Å²) in [4.78, 5) is 13.9. The summed E-state index contributed by atoms with van der Waals surface area (Å²) in [6.45, 7) is 2.01. The first-order chi connectivity index (χ1) is 9.60. The van der Waals surface area contributed by atoms with Crippen LogP contribution in [-0.2, 0) is 0 Å². The largest absolute Gasteiger partial charge is 0.399 e. The maximum Gasteiger partial charge on any atom is 0.250 e. The molecule has 4 heteroatoms. The molecule has 4 nitrogen and oxygen atoms in total. The zero-order valence-corrected chi connectivity index (χ0v) is 11.9. The SMILES string of the molecule is NC(=O)c1ccc(N)cc1N1CCC2(CCCC2)CC1. The van der Waals surface area contributed by atoms with Crippen molar-refractivity contribution in [1.29, 1.82) is 0 Å². The van der Waals surface area contributed by atoms with Gasteiger partial charge in [0.1, 0.15) is 0 Å². The van der Waals surface area contributed by atoms with Crippen molar-refractivity contribution in [3.63, 3.8) is 0 Å². The van der Waals surface area contributed by atoms with Crippen molar-refractivity contribution in [1.82, 2.24) is 0 Å². The average molecular weight is 273 g/mol. The third-order valence-corrected chi connectivity index (χ3v) is 5.12. The molecule has 1 spiro atoms. The molecule has 2 fully saturated rings. The quantitative estimate of drug-likeness (QED) is 0.813. The number of primary amides is 1. The van der Waals surface area contributed by atoms with Gasteiger partial charge in [-0.3, -0.25) is 4.79 Å². The second-order valence-electron chi connectivity index (χ2n) is 6.33. The fourth-order valence-corrected chi connectivity index (χ4v) is 3.87. The number of piperidine rings is 1. The minimum atomic E-state index is -0.374. The summed E-state index contributed by atoms with van der Waals surface area (Å²) in [6.07, 6.45) is 7.95. The van der Waals surface area contributed by atoms with E-state index in [2.05, 4.69) is 4.90 Å². The zero-order valence-electron chi connectivity index (χ0n) is 11.9. The predicted molar refractivity (Wildman–Crippen MR) is 81.7 cm³/mol. The van der Waals surface area contributed by atoms with Crippen LogP contribution in [0, 0.1) is 5.41 Å². The molecule has 4 N–H and O–H groups in total. The molecule has 3 rings (SSSR count). The fraction of sp³-hybridized carbons (Fsp3) is 0.562. The number of nitrogen functional groups attached to an aromatic ring is 1. The first kappa shape index (κ1) is 13.3. The molecule has 108 valence electrons. The Morgan fingerprint density at radius 3 is 2.35 bits per heavy atom. The molecule has 0 bridgehead atoms. The molecular weight excluding hydrogens is 250 g/mol. The number of nitrogens with two attached hydrogens (primary N) is 2. The first-order valence-electron chi connectivity index (χ1n) is 7.54. The number of carbonyl (C=O) groups excluding carboxylic acids is 1. The Hall–Kier alpha value is -1.71. The summed E-state index contributed by atoms with van der Waals surface area (Å²) in [5, 5.41) is 0. The molecule has 20 heavy (non-hydrogen) atoms. The molecule has 0 radical (unpaired) electrons. The Morgan fingerprint density at radius 1 is 1.10 bits per heavy atom. The molecule has 1 aromatic carbocycles. The normalized spacial score (nSPS) is 21.3. The van der Waals surface area contributed by atoms with Gasteiger partial charge in [0, 0.05) is 18.8 Å². The van der Waals surface area contributed by atoms with Crippen LogP contribution in [0.5, 0.6) is 0 Å². The molecule has 1 heterocycles. The highest BCUT2D eigenvalue weighted by Crippen LogP contribution is 2.46. The third kappa shape index (κ3) is 2.35. The maximum atomic E-state index is 11.6. The Bertz CT molecular complexity index is 510. The summed E-state index contributed by atoms with van der Waals surface area (Å²) in [7, 11) is 0. The summed E-state index contributed by atoms with van der Waals surface area (Å²) in [5.41, 5.74) is 14.1. The highest BCUT2D eigenvalue weighted by Gasteiger charge is 2.37. The highest BCUT2D eigenvalue weighted by atomic mass is 16.1. The minimum Gasteiger partial charge on any atom is -0.399 e. The smallest absolute Gasteiger partial charge is 0.250 e. The Labute approximate surface area is 120 Å².